The van der Waals surface area contributed by atoms with Crippen molar-refractivity contribution in [1.29, 1.82) is 0 Å². The van der Waals surface area contributed by atoms with Crippen molar-refractivity contribution in [3.8, 4) is 5.75 Å². The molecule has 0 aliphatic carbocycles. The minimum absolute atomic E-state index is 0.244. The molecule has 3 amide bonds. The number of aryl methyl sites for hydroxylation is 2. The minimum atomic E-state index is -0.501. The van der Waals surface area contributed by atoms with Gasteiger partial charge in [-0.3, -0.25) is 19.3 Å². The van der Waals surface area contributed by atoms with Crippen LogP contribution in [0.1, 0.15) is 16.7 Å². The normalized spacial score (nSPS) is 14.9. The van der Waals surface area contributed by atoms with Crippen molar-refractivity contribution in [3.05, 3.63) is 76.7 Å². The summed E-state index contributed by atoms with van der Waals surface area (Å²) < 4.78 is 5.59. The highest BCUT2D eigenvalue weighted by Crippen LogP contribution is 2.34. The Bertz CT molecular complexity index is 1050. The van der Waals surface area contributed by atoms with Crippen molar-refractivity contribution in [1.82, 2.24) is 4.90 Å². The van der Waals surface area contributed by atoms with Crippen LogP contribution in [0, 0.1) is 13.8 Å². The van der Waals surface area contributed by atoms with Crippen LogP contribution in [0.15, 0.2) is 60.0 Å². The van der Waals surface area contributed by atoms with Crippen LogP contribution in [0.4, 0.5) is 10.5 Å². The Morgan fingerprint density at radius 3 is 2.67 bits per heavy atom. The van der Waals surface area contributed by atoms with Gasteiger partial charge in [-0.15, -0.1) is 0 Å². The van der Waals surface area contributed by atoms with Gasteiger partial charge in [0, 0.05) is 11.3 Å². The average Bonchev–Trinajstić information content (AvgIpc) is 2.97. The smallest absolute Gasteiger partial charge is 0.294 e. The third kappa shape index (κ3) is 4.99. The second-order valence-corrected chi connectivity index (χ2v) is 7.75. The molecule has 0 saturated carbocycles. The zero-order valence-electron chi connectivity index (χ0n) is 16.8. The fourth-order valence-corrected chi connectivity index (χ4v) is 3.65. The highest BCUT2D eigenvalue weighted by atomic mass is 32.2. The monoisotopic (exact) mass is 422 g/mol. The summed E-state index contributed by atoms with van der Waals surface area (Å²) in [5.41, 5.74) is 3.45. The number of carbonyl (C=O) groups excluding carboxylic acids is 3. The quantitative estimate of drug-likeness (QED) is 0.524. The van der Waals surface area contributed by atoms with E-state index in [0.717, 1.165) is 27.8 Å². The molecule has 6 nitrogen and oxygen atoms in total. The van der Waals surface area contributed by atoms with Crippen LogP contribution < -0.4 is 10.1 Å². The van der Waals surface area contributed by atoms with Gasteiger partial charge < -0.3 is 10.1 Å². The molecule has 1 fully saturated rings. The first-order valence-corrected chi connectivity index (χ1v) is 10.2. The van der Waals surface area contributed by atoms with E-state index in [4.69, 9.17) is 4.74 Å². The number of hydrogen-bond acceptors (Lipinski definition) is 5. The molecule has 0 spiro atoms. The Morgan fingerprint density at radius 1 is 1.17 bits per heavy atom. The third-order valence-corrected chi connectivity index (χ3v) is 5.44. The zero-order valence-corrected chi connectivity index (χ0v) is 17.6. The van der Waals surface area contributed by atoms with Crippen molar-refractivity contribution in [2.75, 3.05) is 18.5 Å². The molecule has 154 valence electrons. The molecule has 7 heteroatoms. The van der Waals surface area contributed by atoms with Gasteiger partial charge in [-0.2, -0.15) is 0 Å². The van der Waals surface area contributed by atoms with Gasteiger partial charge in [-0.05, 0) is 61.0 Å². The molecule has 2 aromatic rings. The largest absolute Gasteiger partial charge is 0.489 e. The highest BCUT2D eigenvalue weighted by Gasteiger charge is 2.36. The maximum Gasteiger partial charge on any atom is 0.294 e. The predicted octanol–water partition coefficient (Wildman–Crippen LogP) is 4.54. The van der Waals surface area contributed by atoms with Crippen molar-refractivity contribution >= 4 is 40.6 Å². The molecule has 2 aromatic carbocycles. The summed E-state index contributed by atoms with van der Waals surface area (Å²) in [4.78, 5) is 38.6. The number of benzene rings is 2. The Labute approximate surface area is 179 Å². The fourth-order valence-electron chi connectivity index (χ4n) is 2.82. The molecule has 0 radical (unpaired) electrons. The topological polar surface area (TPSA) is 75.7 Å². The molecule has 1 heterocycles. The lowest BCUT2D eigenvalue weighted by Gasteiger charge is -2.13. The molecule has 1 aliphatic heterocycles. The molecule has 0 atom stereocenters. The first-order valence-electron chi connectivity index (χ1n) is 9.34. The number of amides is 3. The average molecular weight is 423 g/mol. The van der Waals surface area contributed by atoms with E-state index in [2.05, 4.69) is 11.9 Å². The summed E-state index contributed by atoms with van der Waals surface area (Å²) in [5.74, 6) is -0.355. The Hall–Kier alpha value is -3.32. The van der Waals surface area contributed by atoms with Gasteiger partial charge in [-0.25, -0.2) is 0 Å². The number of nitrogens with one attached hydrogen (secondary N) is 1. The first kappa shape index (κ1) is 21.4. The van der Waals surface area contributed by atoms with Crippen LogP contribution in [0.5, 0.6) is 5.75 Å². The van der Waals surface area contributed by atoms with Crippen LogP contribution in [-0.2, 0) is 9.59 Å². The number of imide groups is 1. The van der Waals surface area contributed by atoms with Gasteiger partial charge in [0.1, 0.15) is 18.9 Å². The summed E-state index contributed by atoms with van der Waals surface area (Å²) in [7, 11) is 0. The Balaban J connectivity index is 1.71. The number of thioether (sulfide) groups is 1. The SMILES string of the molecule is C=CCOc1ccccc1/C=C1\SC(=O)N(CC(=O)Nc2ccc(C)c(C)c2)C1=O. The summed E-state index contributed by atoms with van der Waals surface area (Å²) in [6, 6.07) is 12.7. The van der Waals surface area contributed by atoms with Gasteiger partial charge in [0.05, 0.1) is 4.91 Å². The van der Waals surface area contributed by atoms with Gasteiger partial charge in [0.2, 0.25) is 5.91 Å². The number of anilines is 1. The molecule has 1 aliphatic rings. The minimum Gasteiger partial charge on any atom is -0.489 e. The zero-order chi connectivity index (χ0) is 21.7. The van der Waals surface area contributed by atoms with Gasteiger partial charge in [0.25, 0.3) is 11.1 Å². The second-order valence-electron chi connectivity index (χ2n) is 6.75. The molecule has 3 rings (SSSR count). The maximum absolute atomic E-state index is 12.7. The second kappa shape index (κ2) is 9.45. The Kier molecular flexibility index (Phi) is 6.74. The molecular weight excluding hydrogens is 400 g/mol. The molecule has 0 unspecified atom stereocenters. The van der Waals surface area contributed by atoms with Crippen LogP contribution in [-0.4, -0.2) is 35.1 Å². The molecule has 0 aromatic heterocycles. The lowest BCUT2D eigenvalue weighted by molar-refractivity contribution is -0.127. The lowest BCUT2D eigenvalue weighted by Crippen LogP contribution is -2.36. The van der Waals surface area contributed by atoms with E-state index < -0.39 is 17.1 Å². The standard InChI is InChI=1S/C23H22N2O4S/c1-4-11-29-19-8-6-5-7-17(19)13-20-22(27)25(23(28)30-20)14-21(26)24-18-10-9-15(2)16(3)12-18/h4-10,12-13H,1,11,14H2,2-3H3,(H,24,26)/b20-13-. The number of hydrogen-bond donors (Lipinski definition) is 1. The van der Waals surface area contributed by atoms with Crippen molar-refractivity contribution in [2.24, 2.45) is 0 Å². The van der Waals surface area contributed by atoms with E-state index in [1.165, 1.54) is 0 Å². The molecule has 1 saturated heterocycles. The van der Waals surface area contributed by atoms with E-state index in [0.29, 0.717) is 23.6 Å². The van der Waals surface area contributed by atoms with Gasteiger partial charge in [-0.1, -0.05) is 36.9 Å². The Morgan fingerprint density at radius 2 is 1.93 bits per heavy atom. The fraction of sp³-hybridized carbons (Fsp3) is 0.174. The van der Waals surface area contributed by atoms with E-state index >= 15 is 0 Å². The van der Waals surface area contributed by atoms with Crippen molar-refractivity contribution < 1.29 is 19.1 Å². The third-order valence-electron chi connectivity index (χ3n) is 4.53. The molecule has 0 bridgehead atoms. The van der Waals surface area contributed by atoms with Gasteiger partial charge >= 0.3 is 0 Å². The number of carbonyl (C=O) groups is 3. The summed E-state index contributed by atoms with van der Waals surface area (Å²) >= 11 is 0.805. The summed E-state index contributed by atoms with van der Waals surface area (Å²) in [5, 5.41) is 2.25. The van der Waals surface area contributed by atoms with E-state index in [1.54, 1.807) is 30.4 Å². The lowest BCUT2D eigenvalue weighted by atomic mass is 10.1. The predicted molar refractivity (Wildman–Crippen MR) is 119 cm³/mol. The summed E-state index contributed by atoms with van der Waals surface area (Å²) in [6.45, 7) is 7.53. The van der Waals surface area contributed by atoms with Crippen LogP contribution in [0.25, 0.3) is 6.08 Å². The summed E-state index contributed by atoms with van der Waals surface area (Å²) in [6.07, 6.45) is 3.23. The number of rotatable bonds is 7. The molecule has 30 heavy (non-hydrogen) atoms. The van der Waals surface area contributed by atoms with Crippen molar-refractivity contribution in [2.45, 2.75) is 13.8 Å². The number of ether oxygens (including phenoxy) is 1. The van der Waals surface area contributed by atoms with E-state index in [9.17, 15) is 14.4 Å². The first-order chi connectivity index (χ1) is 14.4. The highest BCUT2D eigenvalue weighted by molar-refractivity contribution is 8.18. The van der Waals surface area contributed by atoms with Crippen LogP contribution >= 0.6 is 11.8 Å². The molecular formula is C23H22N2O4S. The maximum atomic E-state index is 12.7. The van der Waals surface area contributed by atoms with E-state index in [1.807, 2.05) is 38.1 Å². The van der Waals surface area contributed by atoms with Crippen molar-refractivity contribution in [3.63, 3.8) is 0 Å². The van der Waals surface area contributed by atoms with E-state index in [-0.39, 0.29) is 11.4 Å². The number of para-hydroxylation sites is 1. The molecule has 1 N–H and O–H groups in total. The van der Waals surface area contributed by atoms with Crippen LogP contribution in [0.2, 0.25) is 0 Å². The number of nitrogens with zero attached hydrogens (tertiary/aromatic N) is 1. The van der Waals surface area contributed by atoms with Crippen LogP contribution in [0.3, 0.4) is 0 Å². The van der Waals surface area contributed by atoms with Gasteiger partial charge in [0.15, 0.2) is 0 Å².